The molecule has 1 heterocycles. The van der Waals surface area contributed by atoms with Crippen LogP contribution in [-0.4, -0.2) is 35.5 Å². The molecule has 0 aromatic carbocycles. The molecule has 0 aliphatic heterocycles. The van der Waals surface area contributed by atoms with Crippen molar-refractivity contribution in [3.63, 3.8) is 0 Å². The molecule has 4 nitrogen and oxygen atoms in total. The van der Waals surface area contributed by atoms with Crippen LogP contribution in [0.15, 0.2) is 11.4 Å². The monoisotopic (exact) mass is 269 g/mol. The fourth-order valence-electron chi connectivity index (χ4n) is 1.56. The Morgan fingerprint density at radius 2 is 2.17 bits per heavy atom. The molecule has 1 amide bonds. The second-order valence-electron chi connectivity index (χ2n) is 4.54. The Bertz CT molecular complexity index is 428. The molecule has 1 aromatic rings. The number of amides is 1. The molecule has 0 fully saturated rings. The summed E-state index contributed by atoms with van der Waals surface area (Å²) in [7, 11) is 1.72. The van der Waals surface area contributed by atoms with Crippen LogP contribution < -0.4 is 0 Å². The summed E-state index contributed by atoms with van der Waals surface area (Å²) in [5, 5.41) is 10.8. The van der Waals surface area contributed by atoms with Gasteiger partial charge in [-0.25, -0.2) is 0 Å². The van der Waals surface area contributed by atoms with E-state index in [1.165, 1.54) is 10.4 Å². The highest BCUT2D eigenvalue weighted by Gasteiger charge is 2.18. The average Bonchev–Trinajstić information content (AvgIpc) is 2.71. The van der Waals surface area contributed by atoms with Gasteiger partial charge in [-0.05, 0) is 30.4 Å². The van der Waals surface area contributed by atoms with Gasteiger partial charge < -0.3 is 10.0 Å². The van der Waals surface area contributed by atoms with Crippen LogP contribution in [0.4, 0.5) is 0 Å². The minimum Gasteiger partial charge on any atom is -0.481 e. The number of aliphatic carboxylic acids is 1. The lowest BCUT2D eigenvalue weighted by atomic mass is 10.1. The molecular formula is C13H19NO3S. The zero-order valence-corrected chi connectivity index (χ0v) is 11.8. The number of nitrogens with zero attached hydrogens (tertiary/aromatic N) is 1. The van der Waals surface area contributed by atoms with E-state index in [4.69, 9.17) is 5.11 Å². The molecule has 0 saturated heterocycles. The fraction of sp³-hybridized carbons (Fsp3) is 0.538. The number of hydrogen-bond acceptors (Lipinski definition) is 3. The highest BCUT2D eigenvalue weighted by molar-refractivity contribution is 7.10. The molecule has 0 bridgehead atoms. The summed E-state index contributed by atoms with van der Waals surface area (Å²) in [6.07, 6.45) is 0.891. The number of carbonyl (C=O) groups is 2. The molecule has 18 heavy (non-hydrogen) atoms. The van der Waals surface area contributed by atoms with Crippen molar-refractivity contribution < 1.29 is 14.7 Å². The number of hydrogen-bond donors (Lipinski definition) is 1. The molecule has 0 aliphatic carbocycles. The summed E-state index contributed by atoms with van der Waals surface area (Å²) >= 11 is 1.69. The summed E-state index contributed by atoms with van der Waals surface area (Å²) in [6.45, 7) is 4.24. The standard InChI is InChI=1S/C13H19NO3S/c1-9-5-7-18-11(9)4-6-14(3)12(15)8-10(2)13(16)17/h5,7,10H,4,6,8H2,1-3H3,(H,16,17). The Kier molecular flexibility index (Phi) is 5.34. The van der Waals surface area contributed by atoms with Crippen LogP contribution in [0.1, 0.15) is 23.8 Å². The summed E-state index contributed by atoms with van der Waals surface area (Å²) < 4.78 is 0. The summed E-state index contributed by atoms with van der Waals surface area (Å²) in [6, 6.07) is 2.06. The first kappa shape index (κ1) is 14.7. The summed E-state index contributed by atoms with van der Waals surface area (Å²) in [4.78, 5) is 25.3. The van der Waals surface area contributed by atoms with Gasteiger partial charge in [-0.15, -0.1) is 11.3 Å². The van der Waals surface area contributed by atoms with Gasteiger partial charge >= 0.3 is 5.97 Å². The molecule has 0 aliphatic rings. The Balaban J connectivity index is 2.41. The lowest BCUT2D eigenvalue weighted by molar-refractivity contribution is -0.144. The van der Waals surface area contributed by atoms with Crippen molar-refractivity contribution in [2.45, 2.75) is 26.7 Å². The van der Waals surface area contributed by atoms with Crippen molar-refractivity contribution in [2.24, 2.45) is 5.92 Å². The van der Waals surface area contributed by atoms with Crippen LogP contribution in [0.5, 0.6) is 0 Å². The lowest BCUT2D eigenvalue weighted by Crippen LogP contribution is -2.31. The van der Waals surface area contributed by atoms with Crippen LogP contribution in [0.25, 0.3) is 0 Å². The second kappa shape index (κ2) is 6.54. The number of rotatable bonds is 6. The van der Waals surface area contributed by atoms with E-state index in [1.807, 2.05) is 5.38 Å². The quantitative estimate of drug-likeness (QED) is 0.861. The van der Waals surface area contributed by atoms with E-state index >= 15 is 0 Å². The first-order valence-corrected chi connectivity index (χ1v) is 6.79. The number of carboxylic acid groups (broad SMARTS) is 1. The normalized spacial score (nSPS) is 12.2. The third kappa shape index (κ3) is 4.14. The molecule has 1 aromatic heterocycles. The van der Waals surface area contributed by atoms with Gasteiger partial charge in [0.1, 0.15) is 0 Å². The molecular weight excluding hydrogens is 250 g/mol. The third-order valence-corrected chi connectivity index (χ3v) is 4.05. The predicted octanol–water partition coefficient (Wildman–Crippen LogP) is 2.17. The van der Waals surface area contributed by atoms with Gasteiger partial charge in [-0.2, -0.15) is 0 Å². The maximum atomic E-state index is 11.8. The Morgan fingerprint density at radius 3 is 2.67 bits per heavy atom. The van der Waals surface area contributed by atoms with Crippen molar-refractivity contribution in [1.29, 1.82) is 0 Å². The SMILES string of the molecule is Cc1ccsc1CCN(C)C(=O)CC(C)C(=O)O. The maximum Gasteiger partial charge on any atom is 0.306 e. The average molecular weight is 269 g/mol. The molecule has 1 N–H and O–H groups in total. The minimum atomic E-state index is -0.925. The van der Waals surface area contributed by atoms with E-state index in [-0.39, 0.29) is 12.3 Å². The summed E-state index contributed by atoms with van der Waals surface area (Å²) in [5.74, 6) is -1.66. The second-order valence-corrected chi connectivity index (χ2v) is 5.54. The number of carboxylic acids is 1. The maximum absolute atomic E-state index is 11.8. The first-order valence-electron chi connectivity index (χ1n) is 5.91. The number of thiophene rings is 1. The predicted molar refractivity (Wildman–Crippen MR) is 71.8 cm³/mol. The van der Waals surface area contributed by atoms with E-state index < -0.39 is 11.9 Å². The molecule has 1 atom stereocenters. The Labute approximate surface area is 111 Å². The van der Waals surface area contributed by atoms with Crippen LogP contribution in [0.2, 0.25) is 0 Å². The molecule has 1 rings (SSSR count). The minimum absolute atomic E-state index is 0.0647. The topological polar surface area (TPSA) is 57.6 Å². The largest absolute Gasteiger partial charge is 0.481 e. The van der Waals surface area contributed by atoms with Gasteiger partial charge in [0.25, 0.3) is 0 Å². The zero-order chi connectivity index (χ0) is 13.7. The lowest BCUT2D eigenvalue weighted by Gasteiger charge is -2.18. The fourth-order valence-corrected chi connectivity index (χ4v) is 2.46. The van der Waals surface area contributed by atoms with Crippen molar-refractivity contribution in [2.75, 3.05) is 13.6 Å². The zero-order valence-electron chi connectivity index (χ0n) is 11.0. The Morgan fingerprint density at radius 1 is 1.50 bits per heavy atom. The highest BCUT2D eigenvalue weighted by atomic mass is 32.1. The van der Waals surface area contributed by atoms with Crippen molar-refractivity contribution in [3.05, 3.63) is 21.9 Å². The van der Waals surface area contributed by atoms with Gasteiger partial charge in [-0.1, -0.05) is 6.92 Å². The van der Waals surface area contributed by atoms with Crippen molar-refractivity contribution >= 4 is 23.2 Å². The van der Waals surface area contributed by atoms with E-state index in [2.05, 4.69) is 13.0 Å². The Hall–Kier alpha value is -1.36. The van der Waals surface area contributed by atoms with Crippen LogP contribution in [-0.2, 0) is 16.0 Å². The number of aryl methyl sites for hydroxylation is 1. The van der Waals surface area contributed by atoms with Crippen LogP contribution in [0, 0.1) is 12.8 Å². The summed E-state index contributed by atoms with van der Waals surface area (Å²) in [5.41, 5.74) is 1.25. The van der Waals surface area contributed by atoms with Gasteiger partial charge in [0.2, 0.25) is 5.91 Å². The van der Waals surface area contributed by atoms with E-state index in [0.717, 1.165) is 6.42 Å². The van der Waals surface area contributed by atoms with Gasteiger partial charge in [-0.3, -0.25) is 9.59 Å². The highest BCUT2D eigenvalue weighted by Crippen LogP contribution is 2.16. The van der Waals surface area contributed by atoms with E-state index in [1.54, 1.807) is 30.2 Å². The smallest absolute Gasteiger partial charge is 0.306 e. The van der Waals surface area contributed by atoms with E-state index in [0.29, 0.717) is 6.54 Å². The van der Waals surface area contributed by atoms with Crippen LogP contribution in [0.3, 0.4) is 0 Å². The molecule has 0 spiro atoms. The number of carbonyl (C=O) groups excluding carboxylic acids is 1. The van der Waals surface area contributed by atoms with Gasteiger partial charge in [0, 0.05) is 24.9 Å². The molecule has 0 radical (unpaired) electrons. The molecule has 5 heteroatoms. The van der Waals surface area contributed by atoms with Gasteiger partial charge in [0.15, 0.2) is 0 Å². The number of likely N-dealkylation sites (N-methyl/N-ethyl adjacent to an activating group) is 1. The molecule has 100 valence electrons. The van der Waals surface area contributed by atoms with Crippen molar-refractivity contribution in [3.8, 4) is 0 Å². The van der Waals surface area contributed by atoms with Crippen LogP contribution >= 0.6 is 11.3 Å². The first-order chi connectivity index (χ1) is 8.41. The van der Waals surface area contributed by atoms with Crippen molar-refractivity contribution in [1.82, 2.24) is 4.90 Å². The third-order valence-electron chi connectivity index (χ3n) is 2.97. The van der Waals surface area contributed by atoms with Gasteiger partial charge in [0.05, 0.1) is 5.92 Å². The molecule has 0 saturated carbocycles. The van der Waals surface area contributed by atoms with E-state index in [9.17, 15) is 9.59 Å². The molecule has 1 unspecified atom stereocenters.